The van der Waals surface area contributed by atoms with Crippen LogP contribution < -0.4 is 10.5 Å². The van der Waals surface area contributed by atoms with Gasteiger partial charge in [0, 0.05) is 19.2 Å². The monoisotopic (exact) mass is 364 g/mol. The summed E-state index contributed by atoms with van der Waals surface area (Å²) in [7, 11) is -1.88. The number of hydrogen-bond acceptors (Lipinski definition) is 4. The van der Waals surface area contributed by atoms with Crippen molar-refractivity contribution in [3.63, 3.8) is 0 Å². The molecular formula is C17H24N4O3S. The minimum atomic E-state index is -3.76. The largest absolute Gasteiger partial charge is 0.350 e. The summed E-state index contributed by atoms with van der Waals surface area (Å²) >= 11 is 0. The van der Waals surface area contributed by atoms with Crippen molar-refractivity contribution in [3.8, 4) is 0 Å². The second-order valence-corrected chi connectivity index (χ2v) is 7.74. The fraction of sp³-hybridized carbons (Fsp3) is 0.412. The van der Waals surface area contributed by atoms with Crippen LogP contribution in [0.4, 0.5) is 0 Å². The number of primary sulfonamides is 1. The first-order chi connectivity index (χ1) is 11.6. The van der Waals surface area contributed by atoms with E-state index in [4.69, 9.17) is 5.14 Å². The van der Waals surface area contributed by atoms with Crippen LogP contribution in [0.25, 0.3) is 0 Å². The zero-order chi connectivity index (χ0) is 18.8. The van der Waals surface area contributed by atoms with E-state index in [1.807, 2.05) is 25.6 Å². The molecule has 1 aromatic heterocycles. The van der Waals surface area contributed by atoms with E-state index in [9.17, 15) is 13.2 Å². The first-order valence-corrected chi connectivity index (χ1v) is 9.55. The highest BCUT2D eigenvalue weighted by Crippen LogP contribution is 2.18. The maximum Gasteiger partial charge on any atom is 0.238 e. The van der Waals surface area contributed by atoms with E-state index in [0.29, 0.717) is 18.4 Å². The van der Waals surface area contributed by atoms with Crippen molar-refractivity contribution in [1.29, 1.82) is 0 Å². The Hall–Kier alpha value is -2.19. The van der Waals surface area contributed by atoms with Gasteiger partial charge in [-0.05, 0) is 50.5 Å². The molecule has 0 saturated carbocycles. The smallest absolute Gasteiger partial charge is 0.238 e. The lowest BCUT2D eigenvalue weighted by Gasteiger charge is -2.15. The average molecular weight is 364 g/mol. The standard InChI is InChI=1S/C17H24N4O3S/c1-11(14-6-5-7-15(10-14)25(18,23)24)19-17(22)9-8-16-12(2)20-21(4)13(16)3/h5-7,10-11H,8-9H2,1-4H3,(H,19,22)(H2,18,23,24). The van der Waals surface area contributed by atoms with E-state index in [-0.39, 0.29) is 16.8 Å². The molecule has 0 saturated heterocycles. The molecule has 0 fully saturated rings. The Morgan fingerprint density at radius 1 is 1.36 bits per heavy atom. The first kappa shape index (κ1) is 19.1. The van der Waals surface area contributed by atoms with Gasteiger partial charge >= 0.3 is 0 Å². The topological polar surface area (TPSA) is 107 Å². The molecule has 0 aliphatic rings. The highest BCUT2D eigenvalue weighted by molar-refractivity contribution is 7.89. The van der Waals surface area contributed by atoms with Gasteiger partial charge in [0.15, 0.2) is 0 Å². The van der Waals surface area contributed by atoms with Gasteiger partial charge in [-0.25, -0.2) is 13.6 Å². The van der Waals surface area contributed by atoms with Gasteiger partial charge in [0.2, 0.25) is 15.9 Å². The fourth-order valence-electron chi connectivity index (χ4n) is 2.78. The molecular weight excluding hydrogens is 340 g/mol. The second kappa shape index (κ2) is 7.37. The van der Waals surface area contributed by atoms with Crippen LogP contribution in [0.3, 0.4) is 0 Å². The quantitative estimate of drug-likeness (QED) is 0.810. The van der Waals surface area contributed by atoms with Crippen molar-refractivity contribution in [3.05, 3.63) is 46.8 Å². The Labute approximate surface area is 148 Å². The number of benzene rings is 1. The highest BCUT2D eigenvalue weighted by Gasteiger charge is 2.15. The number of carbonyl (C=O) groups excluding carboxylic acids is 1. The summed E-state index contributed by atoms with van der Waals surface area (Å²) in [4.78, 5) is 12.3. The van der Waals surface area contributed by atoms with Crippen molar-refractivity contribution in [2.75, 3.05) is 0 Å². The minimum absolute atomic E-state index is 0.0349. The molecule has 3 N–H and O–H groups in total. The molecule has 1 unspecified atom stereocenters. The molecule has 0 bridgehead atoms. The van der Waals surface area contributed by atoms with Gasteiger partial charge in [-0.2, -0.15) is 5.10 Å². The Morgan fingerprint density at radius 2 is 2.04 bits per heavy atom. The highest BCUT2D eigenvalue weighted by atomic mass is 32.2. The summed E-state index contributed by atoms with van der Waals surface area (Å²) in [5.74, 6) is -0.101. The summed E-state index contributed by atoms with van der Waals surface area (Å²) in [6.45, 7) is 5.72. The zero-order valence-corrected chi connectivity index (χ0v) is 15.7. The third kappa shape index (κ3) is 4.67. The molecule has 7 nitrogen and oxygen atoms in total. The van der Waals surface area contributed by atoms with Gasteiger partial charge in [-0.3, -0.25) is 9.48 Å². The van der Waals surface area contributed by atoms with Gasteiger partial charge in [0.05, 0.1) is 16.6 Å². The normalized spacial score (nSPS) is 12.8. The number of amides is 1. The Kier molecular flexibility index (Phi) is 5.64. The number of nitrogens with zero attached hydrogens (tertiary/aromatic N) is 2. The van der Waals surface area contributed by atoms with Gasteiger partial charge in [0.1, 0.15) is 0 Å². The van der Waals surface area contributed by atoms with Crippen molar-refractivity contribution >= 4 is 15.9 Å². The van der Waals surface area contributed by atoms with Crippen LogP contribution >= 0.6 is 0 Å². The van der Waals surface area contributed by atoms with E-state index in [1.165, 1.54) is 12.1 Å². The number of carbonyl (C=O) groups is 1. The lowest BCUT2D eigenvalue weighted by Crippen LogP contribution is -2.27. The number of aromatic nitrogens is 2. The molecule has 0 radical (unpaired) electrons. The molecule has 25 heavy (non-hydrogen) atoms. The molecule has 0 spiro atoms. The molecule has 1 atom stereocenters. The van der Waals surface area contributed by atoms with E-state index < -0.39 is 10.0 Å². The van der Waals surface area contributed by atoms with Crippen LogP contribution in [-0.4, -0.2) is 24.1 Å². The van der Waals surface area contributed by atoms with Crippen LogP contribution in [0.2, 0.25) is 0 Å². The predicted octanol–water partition coefficient (Wildman–Crippen LogP) is 1.49. The van der Waals surface area contributed by atoms with Gasteiger partial charge in [0.25, 0.3) is 0 Å². The summed E-state index contributed by atoms with van der Waals surface area (Å²) < 4.78 is 24.7. The maximum absolute atomic E-state index is 12.2. The SMILES string of the molecule is Cc1nn(C)c(C)c1CCC(=O)NC(C)c1cccc(S(N)(=O)=O)c1. The average Bonchev–Trinajstić information content (AvgIpc) is 2.77. The molecule has 2 rings (SSSR count). The molecule has 1 heterocycles. The summed E-state index contributed by atoms with van der Waals surface area (Å²) in [6, 6.07) is 5.97. The number of sulfonamides is 1. The first-order valence-electron chi connectivity index (χ1n) is 8.00. The third-order valence-corrected chi connectivity index (χ3v) is 5.24. The minimum Gasteiger partial charge on any atom is -0.350 e. The number of aryl methyl sites for hydroxylation is 2. The van der Waals surface area contributed by atoms with E-state index >= 15 is 0 Å². The maximum atomic E-state index is 12.2. The van der Waals surface area contributed by atoms with Gasteiger partial charge in [-0.15, -0.1) is 0 Å². The van der Waals surface area contributed by atoms with E-state index in [1.54, 1.807) is 19.1 Å². The molecule has 2 aromatic rings. The number of nitrogens with two attached hydrogens (primary N) is 1. The van der Waals surface area contributed by atoms with Crippen LogP contribution in [0, 0.1) is 13.8 Å². The number of hydrogen-bond donors (Lipinski definition) is 2. The van der Waals surface area contributed by atoms with Crippen LogP contribution in [0.15, 0.2) is 29.2 Å². The van der Waals surface area contributed by atoms with Gasteiger partial charge in [-0.1, -0.05) is 12.1 Å². The zero-order valence-electron chi connectivity index (χ0n) is 14.9. The lowest BCUT2D eigenvalue weighted by molar-refractivity contribution is -0.121. The Morgan fingerprint density at radius 3 is 2.60 bits per heavy atom. The molecule has 0 aliphatic heterocycles. The fourth-order valence-corrected chi connectivity index (χ4v) is 3.34. The molecule has 0 aliphatic carbocycles. The molecule has 8 heteroatoms. The summed E-state index contributed by atoms with van der Waals surface area (Å²) in [5.41, 5.74) is 3.76. The Bertz CT molecular complexity index is 887. The van der Waals surface area contributed by atoms with Crippen molar-refractivity contribution in [2.24, 2.45) is 12.2 Å². The summed E-state index contributed by atoms with van der Waals surface area (Å²) in [6.07, 6.45) is 0.952. The van der Waals surface area contributed by atoms with E-state index in [0.717, 1.165) is 17.0 Å². The van der Waals surface area contributed by atoms with Crippen LogP contribution in [-0.2, 0) is 28.3 Å². The second-order valence-electron chi connectivity index (χ2n) is 6.18. The van der Waals surface area contributed by atoms with Crippen molar-refractivity contribution in [1.82, 2.24) is 15.1 Å². The third-order valence-electron chi connectivity index (χ3n) is 4.33. The number of rotatable bonds is 6. The van der Waals surface area contributed by atoms with Crippen molar-refractivity contribution in [2.45, 2.75) is 44.6 Å². The molecule has 1 aromatic carbocycles. The van der Waals surface area contributed by atoms with Crippen LogP contribution in [0.5, 0.6) is 0 Å². The van der Waals surface area contributed by atoms with Crippen molar-refractivity contribution < 1.29 is 13.2 Å². The lowest BCUT2D eigenvalue weighted by atomic mass is 10.1. The predicted molar refractivity (Wildman–Crippen MR) is 95.4 cm³/mol. The van der Waals surface area contributed by atoms with Gasteiger partial charge < -0.3 is 5.32 Å². The molecule has 1 amide bonds. The molecule has 136 valence electrons. The number of nitrogens with one attached hydrogen (secondary N) is 1. The summed E-state index contributed by atoms with van der Waals surface area (Å²) in [5, 5.41) is 12.4. The van der Waals surface area contributed by atoms with Crippen LogP contribution in [0.1, 0.15) is 41.9 Å². The Balaban J connectivity index is 2.01. The van der Waals surface area contributed by atoms with E-state index in [2.05, 4.69) is 10.4 Å².